The van der Waals surface area contributed by atoms with Gasteiger partial charge < -0.3 is 19.9 Å². The molecule has 11 nitrogen and oxygen atoms in total. The molecule has 0 unspecified atom stereocenters. The van der Waals surface area contributed by atoms with E-state index in [9.17, 15) is 32.5 Å². The van der Waals surface area contributed by atoms with E-state index in [1.807, 2.05) is 0 Å². The Kier molecular flexibility index (Phi) is 12.0. The van der Waals surface area contributed by atoms with E-state index in [4.69, 9.17) is 10.2 Å². The van der Waals surface area contributed by atoms with Gasteiger partial charge in [0.15, 0.2) is 5.78 Å². The predicted octanol–water partition coefficient (Wildman–Crippen LogP) is -0.601. The van der Waals surface area contributed by atoms with Gasteiger partial charge >= 0.3 is 41.5 Å². The summed E-state index contributed by atoms with van der Waals surface area (Å²) in [6.07, 6.45) is 3.10. The fourth-order valence-electron chi connectivity index (χ4n) is 4.75. The van der Waals surface area contributed by atoms with Crippen LogP contribution in [0.15, 0.2) is 70.2 Å². The number of phenols is 1. The number of carboxylic acids is 2. The third-order valence-electron chi connectivity index (χ3n) is 6.42. The second kappa shape index (κ2) is 14.4. The average molecular weight is 607 g/mol. The van der Waals surface area contributed by atoms with Crippen LogP contribution in [0, 0.1) is 6.92 Å². The van der Waals surface area contributed by atoms with Gasteiger partial charge in [-0.1, -0.05) is 18.2 Å². The quantitative estimate of drug-likeness (QED) is 0.220. The molecule has 0 spiro atoms. The van der Waals surface area contributed by atoms with E-state index in [0.717, 1.165) is 0 Å². The first-order chi connectivity index (χ1) is 19.1. The number of rotatable bonds is 11. The summed E-state index contributed by atoms with van der Waals surface area (Å²) in [7, 11) is -1.84. The summed E-state index contributed by atoms with van der Waals surface area (Å²) < 4.78 is 36.9. The zero-order valence-corrected chi connectivity index (χ0v) is 26.9. The number of Topliss-reactive ketones (excluding diaryl/α,β-unsaturated/α-hetero) is 1. The number of allylic oxidation sites excluding steroid dienone is 4. The Hall–Kier alpha value is -3.10. The van der Waals surface area contributed by atoms with Crippen LogP contribution >= 0.6 is 0 Å². The molecule has 3 rings (SSSR count). The van der Waals surface area contributed by atoms with Crippen molar-refractivity contribution in [2.75, 3.05) is 33.7 Å². The summed E-state index contributed by atoms with van der Waals surface area (Å²) in [5.41, 5.74) is 2.53. The van der Waals surface area contributed by atoms with Crippen LogP contribution in [0.25, 0.3) is 5.57 Å². The van der Waals surface area contributed by atoms with Gasteiger partial charge in [-0.15, -0.1) is 0 Å². The number of aromatic hydroxyl groups is 1. The third-order valence-corrected chi connectivity index (χ3v) is 7.32. The van der Waals surface area contributed by atoms with Crippen molar-refractivity contribution >= 4 is 33.4 Å². The van der Waals surface area contributed by atoms with Crippen molar-refractivity contribution in [2.24, 2.45) is 0 Å². The number of benzene rings is 2. The fourth-order valence-corrected chi connectivity index (χ4v) is 5.43. The van der Waals surface area contributed by atoms with Gasteiger partial charge in [0.05, 0.1) is 18.0 Å². The largest absolute Gasteiger partial charge is 1.00 e. The molecule has 2 aromatic rings. The molecule has 0 saturated carbocycles. The molecule has 0 bridgehead atoms. The van der Waals surface area contributed by atoms with Crippen LogP contribution in [0.3, 0.4) is 0 Å². The summed E-state index contributed by atoms with van der Waals surface area (Å²) in [5.74, 6) is -2.52. The Bertz CT molecular complexity index is 1610. The number of aliphatic carboxylic acids is 2. The van der Waals surface area contributed by atoms with Crippen molar-refractivity contribution in [1.29, 1.82) is 0 Å². The van der Waals surface area contributed by atoms with E-state index in [1.54, 1.807) is 52.2 Å². The monoisotopic (exact) mass is 606 g/mol. The van der Waals surface area contributed by atoms with Gasteiger partial charge in [-0.3, -0.25) is 24.2 Å². The molecule has 0 saturated heterocycles. The summed E-state index contributed by atoms with van der Waals surface area (Å²) in [6.45, 7) is 2.63. The number of carbonyl (C=O) groups excluding carboxylic acids is 1. The van der Waals surface area contributed by atoms with Crippen molar-refractivity contribution in [2.45, 2.75) is 25.3 Å². The van der Waals surface area contributed by atoms with Crippen LogP contribution in [0.5, 0.6) is 5.75 Å². The van der Waals surface area contributed by atoms with Gasteiger partial charge in [0.1, 0.15) is 15.9 Å². The maximum atomic E-state index is 13.0. The SMILES string of the molecule is CC1=C/C(=C(\c2cc(C)c(O)c(CN(C)CC(=O)O)c2)c2ccccc2S(=O)(=O)[O-])C=C(CN(C)CC(=O)O)C1=O.[Na+]. The first kappa shape index (κ1) is 35.1. The molecule has 0 fully saturated rings. The molecule has 2 aromatic carbocycles. The van der Waals surface area contributed by atoms with Gasteiger partial charge in [0.2, 0.25) is 0 Å². The number of hydrogen-bond acceptors (Lipinski definition) is 9. The second-order valence-corrected chi connectivity index (χ2v) is 11.4. The minimum atomic E-state index is -4.95. The molecule has 13 heteroatoms. The van der Waals surface area contributed by atoms with E-state index in [1.165, 1.54) is 34.1 Å². The Balaban J connectivity index is 0.00000616. The number of nitrogens with zero attached hydrogens (tertiary/aromatic N) is 2. The Morgan fingerprint density at radius 1 is 0.929 bits per heavy atom. The van der Waals surface area contributed by atoms with Crippen LogP contribution in [0.4, 0.5) is 0 Å². The average Bonchev–Trinajstić information content (AvgIpc) is 2.84. The third kappa shape index (κ3) is 8.71. The molecule has 3 N–H and O–H groups in total. The van der Waals surface area contributed by atoms with E-state index in [-0.39, 0.29) is 84.0 Å². The maximum absolute atomic E-state index is 13.0. The predicted molar refractivity (Wildman–Crippen MR) is 149 cm³/mol. The van der Waals surface area contributed by atoms with Crippen molar-refractivity contribution in [3.63, 3.8) is 0 Å². The molecule has 1 aliphatic rings. The van der Waals surface area contributed by atoms with Crippen LogP contribution in [-0.2, 0) is 31.0 Å². The number of likely N-dealkylation sites (N-methyl/N-ethyl adjacent to an activating group) is 2. The summed E-state index contributed by atoms with van der Waals surface area (Å²) in [6, 6.07) is 8.82. The van der Waals surface area contributed by atoms with Gasteiger partial charge in [0.25, 0.3) is 0 Å². The molecule has 0 heterocycles. The van der Waals surface area contributed by atoms with Gasteiger partial charge in [-0.2, -0.15) is 0 Å². The first-order valence-electron chi connectivity index (χ1n) is 12.4. The summed E-state index contributed by atoms with van der Waals surface area (Å²) in [5, 5.41) is 29.1. The Morgan fingerprint density at radius 2 is 1.50 bits per heavy atom. The minimum absolute atomic E-state index is 0. The number of carbonyl (C=O) groups is 3. The molecular weight excluding hydrogens is 575 g/mol. The molecule has 42 heavy (non-hydrogen) atoms. The van der Waals surface area contributed by atoms with E-state index < -0.39 is 27.0 Å². The van der Waals surface area contributed by atoms with Crippen LogP contribution in [0.1, 0.15) is 29.2 Å². The normalized spacial score (nSPS) is 14.8. The molecule has 0 aromatic heterocycles. The molecule has 0 atom stereocenters. The summed E-state index contributed by atoms with van der Waals surface area (Å²) in [4.78, 5) is 37.8. The van der Waals surface area contributed by atoms with Crippen molar-refractivity contribution < 1.29 is 72.2 Å². The number of aryl methyl sites for hydroxylation is 1. The molecule has 218 valence electrons. The zero-order valence-electron chi connectivity index (χ0n) is 24.0. The first-order valence-corrected chi connectivity index (χ1v) is 13.9. The number of phenolic OH excluding ortho intramolecular Hbond substituents is 1. The molecular formula is C29H31N2NaO9S. The maximum Gasteiger partial charge on any atom is 1.00 e. The number of ketones is 1. The van der Waals surface area contributed by atoms with Gasteiger partial charge in [-0.25, -0.2) is 8.42 Å². The molecule has 1 aliphatic carbocycles. The fraction of sp³-hybridized carbons (Fsp3) is 0.276. The number of carboxylic acid groups (broad SMARTS) is 2. The summed E-state index contributed by atoms with van der Waals surface area (Å²) >= 11 is 0. The van der Waals surface area contributed by atoms with E-state index in [2.05, 4.69) is 0 Å². The zero-order chi connectivity index (χ0) is 30.6. The van der Waals surface area contributed by atoms with Crippen LogP contribution < -0.4 is 29.6 Å². The Labute approximate surface area is 266 Å². The molecule has 0 radical (unpaired) electrons. The van der Waals surface area contributed by atoms with E-state index in [0.29, 0.717) is 27.8 Å². The van der Waals surface area contributed by atoms with Crippen molar-refractivity contribution in [3.8, 4) is 5.75 Å². The standard InChI is InChI=1S/C29H32N2O9S.Na/c1-17-9-19(11-21(28(17)36)13-30(3)15-25(32)33)27(23-7-5-6-8-24(23)41(38,39)40)20-10-18(2)29(37)22(12-20)14-31(4)16-26(34)35;/h5-12,36H,13-16H2,1-4H3,(H,32,33)(H,34,35)(H,38,39,40);/q;+1/p-1/b27-20-;. The Morgan fingerprint density at radius 3 is 2.07 bits per heavy atom. The molecule has 0 amide bonds. The van der Waals surface area contributed by atoms with Gasteiger partial charge in [-0.05, 0) is 86.1 Å². The second-order valence-electron chi connectivity index (χ2n) is 10.0. The van der Waals surface area contributed by atoms with Crippen molar-refractivity contribution in [3.05, 3.63) is 87.5 Å². The van der Waals surface area contributed by atoms with Crippen molar-refractivity contribution in [1.82, 2.24) is 9.80 Å². The van der Waals surface area contributed by atoms with Crippen LogP contribution in [0.2, 0.25) is 0 Å². The van der Waals surface area contributed by atoms with E-state index >= 15 is 0 Å². The molecule has 0 aliphatic heterocycles. The minimum Gasteiger partial charge on any atom is -0.744 e. The number of hydrogen-bond donors (Lipinski definition) is 3. The van der Waals surface area contributed by atoms with Crippen LogP contribution in [-0.4, -0.2) is 89.5 Å². The van der Waals surface area contributed by atoms with Gasteiger partial charge in [0, 0.05) is 29.8 Å². The smallest absolute Gasteiger partial charge is 0.744 e. The topological polar surface area (TPSA) is 176 Å².